The van der Waals surface area contributed by atoms with E-state index in [0.717, 1.165) is 49.7 Å². The zero-order valence-electron chi connectivity index (χ0n) is 16.7. The van der Waals surface area contributed by atoms with Gasteiger partial charge in [0.05, 0.1) is 17.1 Å². The Morgan fingerprint density at radius 3 is 2.70 bits per heavy atom. The van der Waals surface area contributed by atoms with Crippen molar-refractivity contribution in [1.29, 1.82) is 0 Å². The third kappa shape index (κ3) is 3.78. The summed E-state index contributed by atoms with van der Waals surface area (Å²) in [4.78, 5) is 21.7. The van der Waals surface area contributed by atoms with Crippen molar-refractivity contribution < 1.29 is 9.21 Å². The van der Waals surface area contributed by atoms with E-state index in [1.54, 1.807) is 0 Å². The average Bonchev–Trinajstić information content (AvgIpc) is 3.15. The first-order valence-electron chi connectivity index (χ1n) is 9.88. The Morgan fingerprint density at radius 1 is 1.30 bits per heavy atom. The summed E-state index contributed by atoms with van der Waals surface area (Å²) in [5.41, 5.74) is 3.12. The van der Waals surface area contributed by atoms with Crippen LogP contribution >= 0.6 is 0 Å². The molecule has 146 valence electrons. The second-order valence-electron chi connectivity index (χ2n) is 8.41. The molecule has 4 rings (SSSR count). The fourth-order valence-electron chi connectivity index (χ4n) is 4.48. The van der Waals surface area contributed by atoms with Gasteiger partial charge in [0.15, 0.2) is 0 Å². The van der Waals surface area contributed by atoms with E-state index in [-0.39, 0.29) is 11.8 Å². The number of amides is 1. The van der Waals surface area contributed by atoms with Crippen LogP contribution in [0.25, 0.3) is 0 Å². The van der Waals surface area contributed by atoms with Crippen LogP contribution in [0.1, 0.15) is 53.8 Å². The Hall–Kier alpha value is -2.15. The number of nitrogens with zero attached hydrogens (tertiary/aromatic N) is 5. The van der Waals surface area contributed by atoms with Crippen molar-refractivity contribution in [2.24, 2.45) is 18.9 Å². The Morgan fingerprint density at radius 2 is 2.04 bits per heavy atom. The largest absolute Gasteiger partial charge is 0.437 e. The van der Waals surface area contributed by atoms with E-state index in [1.165, 1.54) is 12.1 Å². The lowest BCUT2D eigenvalue weighted by molar-refractivity contribution is 0.0581. The maximum absolute atomic E-state index is 12.9. The highest BCUT2D eigenvalue weighted by atomic mass is 16.4. The Labute approximate surface area is 160 Å². The van der Waals surface area contributed by atoms with E-state index >= 15 is 0 Å². The van der Waals surface area contributed by atoms with Gasteiger partial charge in [-0.2, -0.15) is 5.10 Å². The third-order valence-electron chi connectivity index (χ3n) is 5.63. The number of aryl methyl sites for hydroxylation is 2. The highest BCUT2D eigenvalue weighted by molar-refractivity contribution is 5.89. The van der Waals surface area contributed by atoms with Crippen molar-refractivity contribution in [3.63, 3.8) is 0 Å². The van der Waals surface area contributed by atoms with Crippen LogP contribution in [0, 0.1) is 18.8 Å². The van der Waals surface area contributed by atoms with Crippen molar-refractivity contribution in [1.82, 2.24) is 24.6 Å². The van der Waals surface area contributed by atoms with Crippen molar-refractivity contribution in [2.75, 3.05) is 19.6 Å². The molecule has 2 aliphatic heterocycles. The molecule has 1 saturated heterocycles. The van der Waals surface area contributed by atoms with E-state index in [9.17, 15) is 4.79 Å². The summed E-state index contributed by atoms with van der Waals surface area (Å²) in [5.74, 6) is 2.13. The van der Waals surface area contributed by atoms with Gasteiger partial charge in [0.2, 0.25) is 0 Å². The van der Waals surface area contributed by atoms with Gasteiger partial charge in [-0.05, 0) is 31.2 Å². The molecule has 7 nitrogen and oxygen atoms in total. The average molecular weight is 371 g/mol. The van der Waals surface area contributed by atoms with Crippen molar-refractivity contribution in [3.05, 3.63) is 34.8 Å². The topological polar surface area (TPSA) is 67.4 Å². The van der Waals surface area contributed by atoms with Gasteiger partial charge in [0, 0.05) is 46.2 Å². The molecule has 0 unspecified atom stereocenters. The summed E-state index contributed by atoms with van der Waals surface area (Å²) in [6, 6.07) is 2.12. The molecule has 27 heavy (non-hydrogen) atoms. The van der Waals surface area contributed by atoms with Gasteiger partial charge in [-0.25, -0.2) is 4.98 Å². The number of aromatic nitrogens is 3. The van der Waals surface area contributed by atoms with Gasteiger partial charge >= 0.3 is 5.91 Å². The number of piperidine rings is 1. The number of rotatable bonds is 3. The Bertz CT molecular complexity index is 830. The Kier molecular flexibility index (Phi) is 4.80. The van der Waals surface area contributed by atoms with Gasteiger partial charge in [0.1, 0.15) is 5.76 Å². The zero-order chi connectivity index (χ0) is 19.1. The molecule has 0 radical (unpaired) electrons. The molecule has 0 N–H and O–H groups in total. The first-order valence-corrected chi connectivity index (χ1v) is 9.88. The molecule has 7 heteroatoms. The summed E-state index contributed by atoms with van der Waals surface area (Å²) in [5, 5.41) is 4.42. The number of hydrogen-bond donors (Lipinski definition) is 0. The van der Waals surface area contributed by atoms with Crippen LogP contribution in [0.4, 0.5) is 0 Å². The van der Waals surface area contributed by atoms with E-state index in [0.29, 0.717) is 18.4 Å². The first-order chi connectivity index (χ1) is 12.9. The van der Waals surface area contributed by atoms with Crippen LogP contribution in [0.3, 0.4) is 0 Å². The van der Waals surface area contributed by atoms with Crippen LogP contribution in [0.5, 0.6) is 0 Å². The number of oxazole rings is 1. The number of hydrogen-bond acceptors (Lipinski definition) is 5. The second-order valence-corrected chi connectivity index (χ2v) is 8.41. The minimum absolute atomic E-state index is 0.0587. The molecule has 4 heterocycles. The second kappa shape index (κ2) is 7.11. The molecule has 1 fully saturated rings. The van der Waals surface area contributed by atoms with Gasteiger partial charge in [-0.3, -0.25) is 14.4 Å². The number of carbonyl (C=O) groups excluding carboxylic acids is 1. The maximum Gasteiger partial charge on any atom is 0.309 e. The first kappa shape index (κ1) is 18.2. The molecule has 0 bridgehead atoms. The molecular formula is C20H29N5O2. The third-order valence-corrected chi connectivity index (χ3v) is 5.63. The summed E-state index contributed by atoms with van der Waals surface area (Å²) >= 11 is 0. The summed E-state index contributed by atoms with van der Waals surface area (Å²) < 4.78 is 7.80. The summed E-state index contributed by atoms with van der Waals surface area (Å²) in [7, 11) is 1.98. The van der Waals surface area contributed by atoms with E-state index < -0.39 is 0 Å². The predicted octanol–water partition coefficient (Wildman–Crippen LogP) is 2.39. The molecule has 0 aromatic carbocycles. The van der Waals surface area contributed by atoms with Crippen LogP contribution in [-0.4, -0.2) is 50.1 Å². The summed E-state index contributed by atoms with van der Waals surface area (Å²) in [6.07, 6.45) is 1.97. The quantitative estimate of drug-likeness (QED) is 0.829. The number of likely N-dealkylation sites (tertiary alicyclic amines) is 1. The van der Waals surface area contributed by atoms with Gasteiger partial charge in [0.25, 0.3) is 5.89 Å². The molecule has 2 aromatic heterocycles. The molecule has 0 saturated carbocycles. The fourth-order valence-corrected chi connectivity index (χ4v) is 4.48. The fraction of sp³-hybridized carbons (Fsp3) is 0.650. The summed E-state index contributed by atoms with van der Waals surface area (Å²) in [6.45, 7) is 10.4. The number of fused-ring (bicyclic) bond motifs is 1. The monoisotopic (exact) mass is 371 g/mol. The van der Waals surface area contributed by atoms with Crippen LogP contribution in [0.2, 0.25) is 0 Å². The van der Waals surface area contributed by atoms with Gasteiger partial charge < -0.3 is 9.32 Å². The van der Waals surface area contributed by atoms with Crippen LogP contribution in [0.15, 0.2) is 10.5 Å². The SMILES string of the molecule is Cc1cc(CN2CCc3oc(C(=O)N4C[C@@H](C)C[C@H](C)C4)nc3C2)n(C)n1. The minimum Gasteiger partial charge on any atom is -0.437 e. The van der Waals surface area contributed by atoms with Gasteiger partial charge in [-0.15, -0.1) is 0 Å². The molecule has 0 spiro atoms. The van der Waals surface area contributed by atoms with Crippen LogP contribution < -0.4 is 0 Å². The highest BCUT2D eigenvalue weighted by Crippen LogP contribution is 2.25. The van der Waals surface area contributed by atoms with E-state index in [4.69, 9.17) is 4.42 Å². The molecule has 0 aliphatic carbocycles. The lowest BCUT2D eigenvalue weighted by Crippen LogP contribution is -2.42. The molecular weight excluding hydrogens is 342 g/mol. The molecule has 1 amide bonds. The highest BCUT2D eigenvalue weighted by Gasteiger charge is 2.31. The number of carbonyl (C=O) groups is 1. The van der Waals surface area contributed by atoms with Crippen LogP contribution in [-0.2, 0) is 26.6 Å². The lowest BCUT2D eigenvalue weighted by atomic mass is 9.92. The molecule has 2 aliphatic rings. The minimum atomic E-state index is -0.0587. The standard InChI is InChI=1S/C20H29N5O2/c1-13-7-14(2)10-25(9-13)20(26)19-21-17-12-24(6-5-18(17)27-19)11-16-8-15(3)22-23(16)4/h8,13-14H,5-7,9-12H2,1-4H3/t13-,14-/m0/s1. The van der Waals surface area contributed by atoms with Crippen molar-refractivity contribution >= 4 is 5.91 Å². The van der Waals surface area contributed by atoms with E-state index in [2.05, 4.69) is 34.9 Å². The molecule has 2 atom stereocenters. The van der Waals surface area contributed by atoms with Crippen molar-refractivity contribution in [3.8, 4) is 0 Å². The molecule has 2 aromatic rings. The Balaban J connectivity index is 1.45. The van der Waals surface area contributed by atoms with Gasteiger partial charge in [-0.1, -0.05) is 13.8 Å². The lowest BCUT2D eigenvalue weighted by Gasteiger charge is -2.34. The normalized spacial score (nSPS) is 23.5. The maximum atomic E-state index is 12.9. The predicted molar refractivity (Wildman–Crippen MR) is 101 cm³/mol. The zero-order valence-corrected chi connectivity index (χ0v) is 16.7. The van der Waals surface area contributed by atoms with E-state index in [1.807, 2.05) is 23.6 Å². The van der Waals surface area contributed by atoms with Crippen molar-refractivity contribution in [2.45, 2.75) is 46.7 Å². The smallest absolute Gasteiger partial charge is 0.309 e.